The minimum absolute atomic E-state index is 0.0191. The largest absolute Gasteiger partial charge is 0.478 e. The number of anilines is 1. The maximum absolute atomic E-state index is 14.5. The number of hydrogen-bond acceptors (Lipinski definition) is 4. The molecule has 0 aromatic heterocycles. The van der Waals surface area contributed by atoms with E-state index in [4.69, 9.17) is 9.84 Å². The molecule has 0 aliphatic carbocycles. The van der Waals surface area contributed by atoms with Crippen LogP contribution in [0.1, 0.15) is 15.9 Å². The number of nitrogens with zero attached hydrogens (tertiary/aromatic N) is 3. The van der Waals surface area contributed by atoms with Crippen LogP contribution >= 0.6 is 0 Å². The molecule has 2 amide bonds. The highest BCUT2D eigenvalue weighted by atomic mass is 19.1. The molecular formula is C22H24FN3O4. The number of rotatable bonds is 5. The van der Waals surface area contributed by atoms with Crippen molar-refractivity contribution in [1.82, 2.24) is 9.80 Å². The average molecular weight is 413 g/mol. The first-order valence-corrected chi connectivity index (χ1v) is 9.98. The Morgan fingerprint density at radius 3 is 2.33 bits per heavy atom. The number of amides is 2. The van der Waals surface area contributed by atoms with Crippen molar-refractivity contribution in [1.29, 1.82) is 0 Å². The van der Waals surface area contributed by atoms with Crippen molar-refractivity contribution in [3.8, 4) is 0 Å². The smallest absolute Gasteiger partial charge is 0.335 e. The van der Waals surface area contributed by atoms with E-state index in [1.807, 2.05) is 30.3 Å². The molecule has 2 aliphatic heterocycles. The second-order valence-corrected chi connectivity index (χ2v) is 7.53. The van der Waals surface area contributed by atoms with Gasteiger partial charge >= 0.3 is 12.0 Å². The number of carboxylic acid groups (broad SMARTS) is 1. The lowest BCUT2D eigenvalue weighted by Gasteiger charge is -2.43. The molecule has 2 aromatic rings. The van der Waals surface area contributed by atoms with Crippen molar-refractivity contribution in [2.45, 2.75) is 12.6 Å². The number of para-hydroxylation sites is 1. The molecule has 0 radical (unpaired) electrons. The van der Waals surface area contributed by atoms with Gasteiger partial charge in [-0.1, -0.05) is 24.3 Å². The Kier molecular flexibility index (Phi) is 5.96. The third kappa shape index (κ3) is 4.29. The van der Waals surface area contributed by atoms with Gasteiger partial charge in [0.15, 0.2) is 0 Å². The highest BCUT2D eigenvalue weighted by Crippen LogP contribution is 2.22. The maximum Gasteiger partial charge on any atom is 0.335 e. The van der Waals surface area contributed by atoms with Crippen LogP contribution in [0.15, 0.2) is 48.5 Å². The lowest BCUT2D eigenvalue weighted by molar-refractivity contribution is -0.0738. The molecule has 2 fully saturated rings. The lowest BCUT2D eigenvalue weighted by Crippen LogP contribution is -2.59. The average Bonchev–Trinajstić information content (AvgIpc) is 2.72. The van der Waals surface area contributed by atoms with E-state index in [1.54, 1.807) is 9.80 Å². The molecule has 0 saturated carbocycles. The summed E-state index contributed by atoms with van der Waals surface area (Å²) in [6, 6.07) is 13.2. The Morgan fingerprint density at radius 1 is 1.07 bits per heavy atom. The molecule has 158 valence electrons. The molecule has 30 heavy (non-hydrogen) atoms. The van der Waals surface area contributed by atoms with Gasteiger partial charge in [-0.15, -0.1) is 0 Å². The van der Waals surface area contributed by atoms with Crippen molar-refractivity contribution < 1.29 is 23.8 Å². The van der Waals surface area contributed by atoms with E-state index in [2.05, 4.69) is 4.90 Å². The zero-order chi connectivity index (χ0) is 21.1. The Bertz CT molecular complexity index is 912. The number of benzene rings is 2. The molecule has 0 atom stereocenters. The molecule has 8 heteroatoms. The van der Waals surface area contributed by atoms with Gasteiger partial charge in [-0.2, -0.15) is 0 Å². The van der Waals surface area contributed by atoms with Crippen LogP contribution in [-0.4, -0.2) is 72.3 Å². The molecule has 2 heterocycles. The first-order chi connectivity index (χ1) is 14.5. The van der Waals surface area contributed by atoms with E-state index >= 15 is 0 Å². The molecule has 4 rings (SSSR count). The van der Waals surface area contributed by atoms with E-state index in [9.17, 15) is 14.0 Å². The number of halogens is 1. The Balaban J connectivity index is 1.52. The molecule has 2 aliphatic rings. The fraction of sp³-hybridized carbons (Fsp3) is 0.364. The maximum atomic E-state index is 14.5. The number of ether oxygens (including phenoxy) is 1. The minimum Gasteiger partial charge on any atom is -0.478 e. The van der Waals surface area contributed by atoms with Gasteiger partial charge in [0, 0.05) is 37.4 Å². The summed E-state index contributed by atoms with van der Waals surface area (Å²) in [7, 11) is 0. The van der Waals surface area contributed by atoms with Crippen molar-refractivity contribution >= 4 is 17.7 Å². The zero-order valence-corrected chi connectivity index (χ0v) is 16.5. The highest BCUT2D eigenvalue weighted by molar-refractivity contribution is 5.92. The summed E-state index contributed by atoms with van der Waals surface area (Å²) in [6.45, 7) is 4.27. The fourth-order valence-electron chi connectivity index (χ4n) is 3.74. The van der Waals surface area contributed by atoms with Gasteiger partial charge in [-0.05, 0) is 24.3 Å². The van der Waals surface area contributed by atoms with Gasteiger partial charge in [0.1, 0.15) is 5.82 Å². The van der Waals surface area contributed by atoms with Gasteiger partial charge in [0.25, 0.3) is 0 Å². The van der Waals surface area contributed by atoms with Crippen molar-refractivity contribution in [2.24, 2.45) is 0 Å². The van der Waals surface area contributed by atoms with E-state index in [0.29, 0.717) is 24.8 Å². The third-order valence-corrected chi connectivity index (χ3v) is 5.65. The predicted octanol–water partition coefficient (Wildman–Crippen LogP) is 2.67. The molecule has 0 bridgehead atoms. The molecule has 0 spiro atoms. The van der Waals surface area contributed by atoms with Crippen LogP contribution in [0.25, 0.3) is 0 Å². The predicted molar refractivity (Wildman–Crippen MR) is 109 cm³/mol. The standard InChI is InChI=1S/C22H24FN3O4/c23-20-12-16(21(27)28)6-7-17(20)13-26(18-4-2-1-3-5-18)22(29)25-10-8-24(9-11-25)19-14-30-15-19/h1-7,12,19H,8-11,13-15H2,(H,27,28). The van der Waals surface area contributed by atoms with Crippen LogP contribution in [0, 0.1) is 5.82 Å². The number of piperazine rings is 1. The Hall–Kier alpha value is -2.97. The van der Waals surface area contributed by atoms with E-state index in [-0.39, 0.29) is 23.7 Å². The number of hydrogen-bond donors (Lipinski definition) is 1. The number of carboxylic acids is 1. The van der Waals surface area contributed by atoms with Crippen molar-refractivity contribution in [2.75, 3.05) is 44.3 Å². The molecule has 1 N–H and O–H groups in total. The van der Waals surface area contributed by atoms with Gasteiger partial charge < -0.3 is 14.7 Å². The Labute approximate surface area is 174 Å². The number of carbonyl (C=O) groups excluding carboxylic acids is 1. The molecule has 2 saturated heterocycles. The molecule has 0 unspecified atom stereocenters. The van der Waals surface area contributed by atoms with E-state index in [1.165, 1.54) is 12.1 Å². The summed E-state index contributed by atoms with van der Waals surface area (Å²) >= 11 is 0. The van der Waals surface area contributed by atoms with Crippen LogP contribution in [-0.2, 0) is 11.3 Å². The van der Waals surface area contributed by atoms with Gasteiger partial charge in [0.2, 0.25) is 0 Å². The van der Waals surface area contributed by atoms with Crippen LogP contribution in [0.2, 0.25) is 0 Å². The normalized spacial score (nSPS) is 17.4. The number of aromatic carboxylic acids is 1. The molecule has 7 nitrogen and oxygen atoms in total. The summed E-state index contributed by atoms with van der Waals surface area (Å²) in [5.74, 6) is -1.83. The number of urea groups is 1. The van der Waals surface area contributed by atoms with E-state index in [0.717, 1.165) is 32.4 Å². The first-order valence-electron chi connectivity index (χ1n) is 9.98. The zero-order valence-electron chi connectivity index (χ0n) is 16.5. The highest BCUT2D eigenvalue weighted by Gasteiger charge is 2.32. The summed E-state index contributed by atoms with van der Waals surface area (Å²) in [4.78, 5) is 30.1. The fourth-order valence-corrected chi connectivity index (χ4v) is 3.74. The summed E-state index contributed by atoms with van der Waals surface area (Å²) in [6.07, 6.45) is 0. The molecular weight excluding hydrogens is 389 g/mol. The SMILES string of the molecule is O=C(O)c1ccc(CN(C(=O)N2CCN(C3COC3)CC2)c2ccccc2)c(F)c1. The van der Waals surface area contributed by atoms with Crippen molar-refractivity contribution in [3.63, 3.8) is 0 Å². The van der Waals surface area contributed by atoms with Gasteiger partial charge in [-0.25, -0.2) is 14.0 Å². The van der Waals surface area contributed by atoms with Crippen LogP contribution in [0.4, 0.5) is 14.9 Å². The van der Waals surface area contributed by atoms with Crippen LogP contribution in [0.5, 0.6) is 0 Å². The summed E-state index contributed by atoms with van der Waals surface area (Å²) in [5.41, 5.74) is 0.812. The second-order valence-electron chi connectivity index (χ2n) is 7.53. The monoisotopic (exact) mass is 413 g/mol. The quantitative estimate of drug-likeness (QED) is 0.816. The lowest BCUT2D eigenvalue weighted by atomic mass is 10.1. The van der Waals surface area contributed by atoms with Crippen LogP contribution < -0.4 is 4.90 Å². The Morgan fingerprint density at radius 2 is 1.77 bits per heavy atom. The summed E-state index contributed by atoms with van der Waals surface area (Å²) in [5, 5.41) is 9.05. The number of carbonyl (C=O) groups is 2. The minimum atomic E-state index is -1.19. The van der Waals surface area contributed by atoms with Crippen molar-refractivity contribution in [3.05, 3.63) is 65.5 Å². The van der Waals surface area contributed by atoms with Gasteiger partial charge in [0.05, 0.1) is 31.4 Å². The summed E-state index contributed by atoms with van der Waals surface area (Å²) < 4.78 is 19.8. The van der Waals surface area contributed by atoms with Gasteiger partial charge in [-0.3, -0.25) is 9.80 Å². The topological polar surface area (TPSA) is 73.3 Å². The second kappa shape index (κ2) is 8.81. The van der Waals surface area contributed by atoms with E-state index < -0.39 is 11.8 Å². The third-order valence-electron chi connectivity index (χ3n) is 5.65. The van der Waals surface area contributed by atoms with Crippen LogP contribution in [0.3, 0.4) is 0 Å². The first kappa shape index (κ1) is 20.3. The molecule has 2 aromatic carbocycles.